The Morgan fingerprint density at radius 1 is 0.966 bits per heavy atom. The standard InChI is InChI=1S/C26H27FO2/c1-3-21(22-14-16-23(17-15-22)28-4-2)10-8-9-20-13-18-25(27)26(19-20)29-24-11-6-5-7-12-24/h3,5-7,11-19,21H,1,4,8-10H2,2H3. The molecule has 150 valence electrons. The highest BCUT2D eigenvalue weighted by Crippen LogP contribution is 2.28. The van der Waals surface area contributed by atoms with Gasteiger partial charge < -0.3 is 9.47 Å². The van der Waals surface area contributed by atoms with Crippen LogP contribution in [0.15, 0.2) is 85.5 Å². The van der Waals surface area contributed by atoms with E-state index in [1.165, 1.54) is 11.6 Å². The van der Waals surface area contributed by atoms with Crippen molar-refractivity contribution in [3.8, 4) is 17.2 Å². The van der Waals surface area contributed by atoms with E-state index in [0.717, 1.165) is 30.6 Å². The van der Waals surface area contributed by atoms with E-state index in [-0.39, 0.29) is 17.5 Å². The molecule has 0 spiro atoms. The minimum atomic E-state index is -0.351. The Morgan fingerprint density at radius 3 is 2.41 bits per heavy atom. The number of allylic oxidation sites excluding steroid dienone is 1. The molecule has 3 heteroatoms. The summed E-state index contributed by atoms with van der Waals surface area (Å²) in [5.41, 5.74) is 2.29. The second kappa shape index (κ2) is 10.5. The third-order valence-electron chi connectivity index (χ3n) is 4.85. The minimum Gasteiger partial charge on any atom is -0.494 e. The third kappa shape index (κ3) is 5.95. The van der Waals surface area contributed by atoms with Crippen LogP contribution in [0.2, 0.25) is 0 Å². The highest BCUT2D eigenvalue weighted by atomic mass is 19.1. The molecule has 0 bridgehead atoms. The molecule has 2 nitrogen and oxygen atoms in total. The molecule has 0 aliphatic heterocycles. The molecule has 0 N–H and O–H groups in total. The number of halogens is 1. The van der Waals surface area contributed by atoms with Crippen molar-refractivity contribution in [1.29, 1.82) is 0 Å². The molecule has 29 heavy (non-hydrogen) atoms. The lowest BCUT2D eigenvalue weighted by molar-refractivity contribution is 0.340. The fraction of sp³-hybridized carbons (Fsp3) is 0.231. The second-order valence-corrected chi connectivity index (χ2v) is 6.92. The zero-order chi connectivity index (χ0) is 20.5. The summed E-state index contributed by atoms with van der Waals surface area (Å²) in [6.07, 6.45) is 4.79. The number of hydrogen-bond donors (Lipinski definition) is 0. The highest BCUT2D eigenvalue weighted by Gasteiger charge is 2.10. The average Bonchev–Trinajstić information content (AvgIpc) is 2.75. The van der Waals surface area contributed by atoms with Crippen molar-refractivity contribution in [2.45, 2.75) is 32.1 Å². The molecule has 1 atom stereocenters. The first-order valence-corrected chi connectivity index (χ1v) is 10.1. The fourth-order valence-corrected chi connectivity index (χ4v) is 3.32. The fourth-order valence-electron chi connectivity index (χ4n) is 3.32. The predicted octanol–water partition coefficient (Wildman–Crippen LogP) is 7.31. The van der Waals surface area contributed by atoms with Gasteiger partial charge in [-0.25, -0.2) is 4.39 Å². The van der Waals surface area contributed by atoms with Crippen LogP contribution in [0, 0.1) is 5.82 Å². The molecule has 3 aromatic carbocycles. The van der Waals surface area contributed by atoms with Gasteiger partial charge in [0, 0.05) is 5.92 Å². The quantitative estimate of drug-likeness (QED) is 0.338. The molecule has 0 fully saturated rings. The summed E-state index contributed by atoms with van der Waals surface area (Å²) in [5.74, 6) is 1.71. The average molecular weight is 390 g/mol. The Bertz CT molecular complexity index is 904. The van der Waals surface area contributed by atoms with E-state index in [1.54, 1.807) is 6.07 Å². The van der Waals surface area contributed by atoms with Crippen LogP contribution in [0.3, 0.4) is 0 Å². The van der Waals surface area contributed by atoms with Crippen molar-refractivity contribution >= 4 is 0 Å². The molecule has 3 rings (SSSR count). The smallest absolute Gasteiger partial charge is 0.165 e. The topological polar surface area (TPSA) is 18.5 Å². The van der Waals surface area contributed by atoms with Crippen LogP contribution in [0.1, 0.15) is 36.8 Å². The molecular formula is C26H27FO2. The summed E-state index contributed by atoms with van der Waals surface area (Å²) in [6, 6.07) is 22.6. The summed E-state index contributed by atoms with van der Waals surface area (Å²) >= 11 is 0. The third-order valence-corrected chi connectivity index (χ3v) is 4.85. The Kier molecular flexibility index (Phi) is 7.46. The molecule has 0 aliphatic rings. The van der Waals surface area contributed by atoms with Gasteiger partial charge in [-0.05, 0) is 73.7 Å². The molecule has 0 saturated carbocycles. The second-order valence-electron chi connectivity index (χ2n) is 6.92. The zero-order valence-electron chi connectivity index (χ0n) is 16.8. The van der Waals surface area contributed by atoms with Crippen LogP contribution >= 0.6 is 0 Å². The van der Waals surface area contributed by atoms with Gasteiger partial charge >= 0.3 is 0 Å². The Morgan fingerprint density at radius 2 is 1.72 bits per heavy atom. The number of para-hydroxylation sites is 1. The summed E-state index contributed by atoms with van der Waals surface area (Å²) in [7, 11) is 0. The number of benzene rings is 3. The molecule has 0 aliphatic carbocycles. The van der Waals surface area contributed by atoms with Crippen LogP contribution in [-0.2, 0) is 6.42 Å². The van der Waals surface area contributed by atoms with E-state index < -0.39 is 0 Å². The molecular weight excluding hydrogens is 363 g/mol. The number of rotatable bonds is 10. The number of hydrogen-bond acceptors (Lipinski definition) is 2. The van der Waals surface area contributed by atoms with E-state index in [9.17, 15) is 4.39 Å². The normalized spacial score (nSPS) is 11.7. The molecule has 1 unspecified atom stereocenters. The molecule has 0 amide bonds. The largest absolute Gasteiger partial charge is 0.494 e. The monoisotopic (exact) mass is 390 g/mol. The van der Waals surface area contributed by atoms with Gasteiger partial charge in [0.1, 0.15) is 11.5 Å². The Labute approximate surface area is 172 Å². The predicted molar refractivity (Wildman–Crippen MR) is 116 cm³/mol. The van der Waals surface area contributed by atoms with Gasteiger partial charge in [-0.15, -0.1) is 6.58 Å². The molecule has 0 heterocycles. The minimum absolute atomic E-state index is 0.264. The summed E-state index contributed by atoms with van der Waals surface area (Å²) < 4.78 is 25.3. The zero-order valence-corrected chi connectivity index (χ0v) is 16.8. The lowest BCUT2D eigenvalue weighted by Crippen LogP contribution is -1.98. The Hall–Kier alpha value is -3.07. The maximum absolute atomic E-state index is 14.1. The van der Waals surface area contributed by atoms with Crippen LogP contribution in [0.5, 0.6) is 17.2 Å². The van der Waals surface area contributed by atoms with Crippen molar-refractivity contribution in [1.82, 2.24) is 0 Å². The first-order valence-electron chi connectivity index (χ1n) is 10.1. The number of ether oxygens (including phenoxy) is 2. The lowest BCUT2D eigenvalue weighted by atomic mass is 9.92. The van der Waals surface area contributed by atoms with Gasteiger partial charge in [0.15, 0.2) is 11.6 Å². The van der Waals surface area contributed by atoms with Gasteiger partial charge in [0.05, 0.1) is 6.61 Å². The van der Waals surface area contributed by atoms with Gasteiger partial charge in [-0.3, -0.25) is 0 Å². The SMILES string of the molecule is C=CC(CCCc1ccc(F)c(Oc2ccccc2)c1)c1ccc(OCC)cc1. The van der Waals surface area contributed by atoms with Crippen molar-refractivity contribution in [3.05, 3.63) is 102 Å². The first-order chi connectivity index (χ1) is 14.2. The van der Waals surface area contributed by atoms with Crippen molar-refractivity contribution in [2.24, 2.45) is 0 Å². The van der Waals surface area contributed by atoms with Gasteiger partial charge in [-0.2, -0.15) is 0 Å². The van der Waals surface area contributed by atoms with Gasteiger partial charge in [0.2, 0.25) is 0 Å². The van der Waals surface area contributed by atoms with E-state index >= 15 is 0 Å². The molecule has 0 saturated heterocycles. The van der Waals surface area contributed by atoms with E-state index in [2.05, 4.69) is 18.7 Å². The van der Waals surface area contributed by atoms with Crippen LogP contribution in [0.25, 0.3) is 0 Å². The molecule has 0 aromatic heterocycles. The summed E-state index contributed by atoms with van der Waals surface area (Å²) in [4.78, 5) is 0. The maximum Gasteiger partial charge on any atom is 0.165 e. The van der Waals surface area contributed by atoms with Crippen LogP contribution < -0.4 is 9.47 Å². The van der Waals surface area contributed by atoms with E-state index in [0.29, 0.717) is 12.4 Å². The van der Waals surface area contributed by atoms with Gasteiger partial charge in [0.25, 0.3) is 0 Å². The van der Waals surface area contributed by atoms with Crippen molar-refractivity contribution in [3.63, 3.8) is 0 Å². The lowest BCUT2D eigenvalue weighted by Gasteiger charge is -2.14. The first kappa shape index (κ1) is 20.7. The summed E-state index contributed by atoms with van der Waals surface area (Å²) in [6.45, 7) is 6.64. The Balaban J connectivity index is 1.59. The molecule has 0 radical (unpaired) electrons. The van der Waals surface area contributed by atoms with E-state index in [1.807, 2.05) is 61.5 Å². The molecule has 3 aromatic rings. The van der Waals surface area contributed by atoms with Crippen LogP contribution in [-0.4, -0.2) is 6.61 Å². The van der Waals surface area contributed by atoms with Crippen LogP contribution in [0.4, 0.5) is 4.39 Å². The highest BCUT2D eigenvalue weighted by molar-refractivity contribution is 5.35. The van der Waals surface area contributed by atoms with Crippen molar-refractivity contribution < 1.29 is 13.9 Å². The van der Waals surface area contributed by atoms with Gasteiger partial charge in [-0.1, -0.05) is 42.5 Å². The summed E-state index contributed by atoms with van der Waals surface area (Å²) in [5, 5.41) is 0. The number of aryl methyl sites for hydroxylation is 1. The van der Waals surface area contributed by atoms with E-state index in [4.69, 9.17) is 9.47 Å². The maximum atomic E-state index is 14.1. The van der Waals surface area contributed by atoms with Crippen molar-refractivity contribution in [2.75, 3.05) is 6.61 Å².